The Kier molecular flexibility index (Phi) is 8.48. The number of benzene rings is 3. The normalized spacial score (nSPS) is 12.8. The molecule has 0 saturated carbocycles. The fourth-order valence-electron chi connectivity index (χ4n) is 3.72. The first kappa shape index (κ1) is 24.6. The van der Waals surface area contributed by atoms with E-state index in [4.69, 9.17) is 14.7 Å². The molecule has 0 aliphatic heterocycles. The largest absolute Gasteiger partial charge is 0.504 e. The van der Waals surface area contributed by atoms with Crippen LogP contribution in [0.25, 0.3) is 10.8 Å². The zero-order valence-electron chi connectivity index (χ0n) is 19.0. The summed E-state index contributed by atoms with van der Waals surface area (Å²) in [6.45, 7) is 1.91. The van der Waals surface area contributed by atoms with Crippen molar-refractivity contribution in [3.63, 3.8) is 0 Å². The van der Waals surface area contributed by atoms with Gasteiger partial charge in [-0.15, -0.1) is 0 Å². The first-order chi connectivity index (χ1) is 16.4. The minimum Gasteiger partial charge on any atom is -0.504 e. The summed E-state index contributed by atoms with van der Waals surface area (Å²) in [4.78, 5) is 24.1. The number of nitrogens with one attached hydrogen (secondary N) is 2. The van der Waals surface area contributed by atoms with Gasteiger partial charge in [0.05, 0.1) is 12.8 Å². The van der Waals surface area contributed by atoms with Gasteiger partial charge in [0.1, 0.15) is 6.10 Å². The van der Waals surface area contributed by atoms with Crippen LogP contribution in [0.15, 0.2) is 72.8 Å². The maximum absolute atomic E-state index is 12.9. The molecule has 0 saturated heterocycles. The number of hydroxylamine groups is 1. The number of carbonyl (C=O) groups excluding carboxylic acids is 2. The minimum absolute atomic E-state index is 0.0604. The second kappa shape index (κ2) is 11.7. The third-order valence-corrected chi connectivity index (χ3v) is 5.48. The molecule has 4 N–H and O–H groups in total. The highest BCUT2D eigenvalue weighted by molar-refractivity contribution is 6.00. The highest BCUT2D eigenvalue weighted by Crippen LogP contribution is 2.35. The lowest BCUT2D eigenvalue weighted by atomic mass is 9.92. The van der Waals surface area contributed by atoms with E-state index in [0.717, 1.165) is 10.8 Å². The number of hydrogen-bond donors (Lipinski definition) is 4. The van der Waals surface area contributed by atoms with Gasteiger partial charge in [-0.2, -0.15) is 0 Å². The molecule has 0 unspecified atom stereocenters. The SMILES string of the molecule is COc1ccc([C@H](OC(=O)Nc2cccc3ccccc23)[C@@H](C)CC/C=C/C(=O)NO)cc1O. The Morgan fingerprint density at radius 1 is 1.09 bits per heavy atom. The van der Waals surface area contributed by atoms with E-state index in [9.17, 15) is 14.7 Å². The first-order valence-electron chi connectivity index (χ1n) is 10.9. The van der Waals surface area contributed by atoms with Gasteiger partial charge in [-0.3, -0.25) is 15.3 Å². The Labute approximate surface area is 197 Å². The van der Waals surface area contributed by atoms with Crippen LogP contribution in [0.3, 0.4) is 0 Å². The Bertz CT molecular complexity index is 1170. The van der Waals surface area contributed by atoms with E-state index >= 15 is 0 Å². The number of methoxy groups -OCH3 is 1. The molecule has 0 aromatic heterocycles. The van der Waals surface area contributed by atoms with Crippen LogP contribution in [0.1, 0.15) is 31.4 Å². The quantitative estimate of drug-likeness (QED) is 0.193. The second-order valence-corrected chi connectivity index (χ2v) is 7.84. The first-order valence-corrected chi connectivity index (χ1v) is 10.9. The number of phenols is 1. The number of ether oxygens (including phenoxy) is 2. The summed E-state index contributed by atoms with van der Waals surface area (Å²) in [7, 11) is 1.46. The van der Waals surface area contributed by atoms with Crippen molar-refractivity contribution in [2.75, 3.05) is 12.4 Å². The molecule has 3 aromatic rings. The molecule has 0 fully saturated rings. The molecule has 2 atom stereocenters. The summed E-state index contributed by atoms with van der Waals surface area (Å²) < 4.78 is 10.9. The van der Waals surface area contributed by atoms with Crippen LogP contribution in [-0.4, -0.2) is 29.4 Å². The number of aromatic hydroxyl groups is 1. The Morgan fingerprint density at radius 2 is 1.85 bits per heavy atom. The lowest BCUT2D eigenvalue weighted by Gasteiger charge is -2.25. The van der Waals surface area contributed by atoms with Crippen molar-refractivity contribution in [1.82, 2.24) is 5.48 Å². The van der Waals surface area contributed by atoms with Crippen molar-refractivity contribution in [3.8, 4) is 11.5 Å². The van der Waals surface area contributed by atoms with Gasteiger partial charge in [0.25, 0.3) is 5.91 Å². The van der Waals surface area contributed by atoms with Crippen molar-refractivity contribution in [2.24, 2.45) is 5.92 Å². The molecule has 0 aliphatic carbocycles. The average Bonchev–Trinajstić information content (AvgIpc) is 2.85. The molecule has 3 rings (SSSR count). The van der Waals surface area contributed by atoms with Gasteiger partial charge in [0.15, 0.2) is 11.5 Å². The lowest BCUT2D eigenvalue weighted by molar-refractivity contribution is -0.124. The van der Waals surface area contributed by atoms with Crippen molar-refractivity contribution in [1.29, 1.82) is 0 Å². The predicted octanol–water partition coefficient (Wildman–Crippen LogP) is 5.32. The Morgan fingerprint density at radius 3 is 2.59 bits per heavy atom. The number of phenolic OH excluding ortho intramolecular Hbond substituents is 1. The van der Waals surface area contributed by atoms with Crippen molar-refractivity contribution < 1.29 is 29.4 Å². The van der Waals surface area contributed by atoms with E-state index in [1.54, 1.807) is 24.3 Å². The van der Waals surface area contributed by atoms with Gasteiger partial charge >= 0.3 is 6.09 Å². The summed E-state index contributed by atoms with van der Waals surface area (Å²) >= 11 is 0. The maximum Gasteiger partial charge on any atom is 0.412 e. The smallest absolute Gasteiger partial charge is 0.412 e. The van der Waals surface area contributed by atoms with E-state index < -0.39 is 18.1 Å². The number of carbonyl (C=O) groups is 2. The number of amides is 2. The fourth-order valence-corrected chi connectivity index (χ4v) is 3.72. The highest BCUT2D eigenvalue weighted by atomic mass is 16.6. The second-order valence-electron chi connectivity index (χ2n) is 7.84. The van der Waals surface area contributed by atoms with Crippen LogP contribution < -0.4 is 15.5 Å². The molecule has 178 valence electrons. The Hall–Kier alpha value is -4.04. The third-order valence-electron chi connectivity index (χ3n) is 5.48. The average molecular weight is 465 g/mol. The van der Waals surface area contributed by atoms with Crippen molar-refractivity contribution in [3.05, 3.63) is 78.4 Å². The van der Waals surface area contributed by atoms with Crippen LogP contribution in [0.2, 0.25) is 0 Å². The van der Waals surface area contributed by atoms with Gasteiger partial charge in [-0.25, -0.2) is 10.3 Å². The van der Waals surface area contributed by atoms with E-state index in [-0.39, 0.29) is 11.7 Å². The van der Waals surface area contributed by atoms with E-state index in [0.29, 0.717) is 29.8 Å². The summed E-state index contributed by atoms with van der Waals surface area (Å²) in [6.07, 6.45) is 2.65. The van der Waals surface area contributed by atoms with Gasteiger partial charge in [-0.05, 0) is 47.9 Å². The number of hydrogen-bond acceptors (Lipinski definition) is 6. The molecule has 34 heavy (non-hydrogen) atoms. The van der Waals surface area contributed by atoms with E-state index in [2.05, 4.69) is 5.32 Å². The standard InChI is InChI=1S/C26H28N2O6/c1-17(8-3-6-13-24(30)28-32)25(19-14-15-23(33-2)22(29)16-19)34-26(31)27-21-12-7-10-18-9-4-5-11-20(18)21/h4-7,9-17,25,29,32H,3,8H2,1-2H3,(H,27,31)(H,28,30)/b13-6+/t17-,25+/m0/s1. The molecule has 0 heterocycles. The van der Waals surface area contributed by atoms with Gasteiger partial charge in [-0.1, -0.05) is 55.5 Å². The molecule has 2 amide bonds. The van der Waals surface area contributed by atoms with Crippen LogP contribution in [-0.2, 0) is 9.53 Å². The van der Waals surface area contributed by atoms with Crippen molar-refractivity contribution >= 4 is 28.5 Å². The molecule has 8 heteroatoms. The van der Waals surface area contributed by atoms with Gasteiger partial charge < -0.3 is 14.6 Å². The predicted molar refractivity (Wildman–Crippen MR) is 129 cm³/mol. The number of anilines is 1. The monoisotopic (exact) mass is 464 g/mol. The third kappa shape index (κ3) is 6.26. The van der Waals surface area contributed by atoms with Gasteiger partial charge in [0.2, 0.25) is 0 Å². The zero-order chi connectivity index (χ0) is 24.5. The zero-order valence-corrected chi connectivity index (χ0v) is 19.0. The summed E-state index contributed by atoms with van der Waals surface area (Å²) in [5.41, 5.74) is 2.77. The molecule has 0 radical (unpaired) electrons. The lowest BCUT2D eigenvalue weighted by Crippen LogP contribution is -2.22. The minimum atomic E-state index is -0.674. The number of allylic oxidation sites excluding steroid dienone is 1. The topological polar surface area (TPSA) is 117 Å². The fraction of sp³-hybridized carbons (Fsp3) is 0.231. The molecular weight excluding hydrogens is 436 g/mol. The van der Waals surface area contributed by atoms with E-state index in [1.165, 1.54) is 24.7 Å². The van der Waals surface area contributed by atoms with Crippen LogP contribution in [0, 0.1) is 5.92 Å². The van der Waals surface area contributed by atoms with Crippen LogP contribution in [0.5, 0.6) is 11.5 Å². The molecule has 0 aliphatic rings. The highest BCUT2D eigenvalue weighted by Gasteiger charge is 2.25. The van der Waals surface area contributed by atoms with E-state index in [1.807, 2.05) is 43.3 Å². The Balaban J connectivity index is 1.79. The number of fused-ring (bicyclic) bond motifs is 1. The molecule has 0 spiro atoms. The summed E-state index contributed by atoms with van der Waals surface area (Å²) in [6, 6.07) is 18.2. The molecule has 8 nitrogen and oxygen atoms in total. The summed E-state index contributed by atoms with van der Waals surface area (Å²) in [5.74, 6) is -0.522. The number of rotatable bonds is 9. The van der Waals surface area contributed by atoms with Crippen LogP contribution in [0.4, 0.5) is 10.5 Å². The molecular formula is C26H28N2O6. The summed E-state index contributed by atoms with van der Waals surface area (Å²) in [5, 5.41) is 23.5. The van der Waals surface area contributed by atoms with Crippen molar-refractivity contribution in [2.45, 2.75) is 25.9 Å². The molecule has 0 bridgehead atoms. The van der Waals surface area contributed by atoms with Gasteiger partial charge in [0, 0.05) is 11.5 Å². The maximum atomic E-state index is 12.9. The molecule has 3 aromatic carbocycles. The van der Waals surface area contributed by atoms with Crippen LogP contribution >= 0.6 is 0 Å².